The Labute approximate surface area is 627 Å². The number of carbonyl (C=O) groups is 6. The maximum Gasteiger partial charge on any atom is 0.357 e. The molecule has 5 saturated heterocycles. The lowest BCUT2D eigenvalue weighted by Gasteiger charge is -2.54. The van der Waals surface area contributed by atoms with E-state index in [2.05, 4.69) is 33.2 Å². The second-order valence-corrected chi connectivity index (χ2v) is 28.0. The zero-order valence-corrected chi connectivity index (χ0v) is 62.0. The lowest BCUT2D eigenvalue weighted by atomic mass is 9.88. The van der Waals surface area contributed by atoms with E-state index in [-0.39, 0.29) is 30.0 Å². The fourth-order valence-corrected chi connectivity index (χ4v) is 13.8. The first-order valence-corrected chi connectivity index (χ1v) is 37.2. The summed E-state index contributed by atoms with van der Waals surface area (Å²) in [5, 5.41) is 202. The molecule has 5 aliphatic heterocycles. The Bertz CT molecular complexity index is 2900. The van der Waals surface area contributed by atoms with E-state index in [9.17, 15) is 116 Å². The van der Waals surface area contributed by atoms with Crippen molar-refractivity contribution in [3.8, 4) is 0 Å². The number of hydrogen-bond acceptors (Lipinski definition) is 36. The predicted octanol–water partition coefficient (Wildman–Crippen LogP) is -6.43. The van der Waals surface area contributed by atoms with Crippen molar-refractivity contribution < 1.29 is 168 Å². The van der Waals surface area contributed by atoms with Crippen molar-refractivity contribution in [2.45, 2.75) is 308 Å². The van der Waals surface area contributed by atoms with Crippen LogP contribution in [0, 0.1) is 0 Å². The lowest BCUT2D eigenvalue weighted by molar-refractivity contribution is -0.421. The van der Waals surface area contributed by atoms with Gasteiger partial charge in [0, 0.05) is 38.1 Å². The summed E-state index contributed by atoms with van der Waals surface area (Å²) in [7, 11) is 0. The molecule has 4 amide bonds. The number of rotatable bonds is 44. The molecule has 0 saturated carbocycles. The first kappa shape index (κ1) is 93.7. The van der Waals surface area contributed by atoms with Crippen LogP contribution >= 0.6 is 11.3 Å². The van der Waals surface area contributed by atoms with Crippen molar-refractivity contribution in [2.24, 2.45) is 0 Å². The van der Waals surface area contributed by atoms with Crippen molar-refractivity contribution in [3.63, 3.8) is 0 Å². The summed E-state index contributed by atoms with van der Waals surface area (Å²) >= 11 is 0.902. The van der Waals surface area contributed by atoms with E-state index in [1.807, 2.05) is 0 Å². The number of aromatic nitrogens is 1. The number of nitrogens with one attached hydrogen (secondary N) is 4. The first-order valence-electron chi connectivity index (χ1n) is 36.3. The van der Waals surface area contributed by atoms with Crippen molar-refractivity contribution in [3.05, 3.63) is 23.2 Å². The van der Waals surface area contributed by atoms with Crippen molar-refractivity contribution in [1.82, 2.24) is 27.1 Å². The number of nitrogens with zero attached hydrogens (tertiary/aromatic N) is 1. The van der Waals surface area contributed by atoms with E-state index < -0.39 is 253 Å². The van der Waals surface area contributed by atoms with E-state index in [1.165, 1.54) is 56.7 Å². The van der Waals surface area contributed by atoms with Gasteiger partial charge in [0.2, 0.25) is 29.4 Å². The molecule has 6 heterocycles. The van der Waals surface area contributed by atoms with Gasteiger partial charge >= 0.3 is 5.97 Å². The molecule has 5 aliphatic rings. The Morgan fingerprint density at radius 2 is 1.13 bits per heavy atom. The molecule has 622 valence electrons. The third-order valence-electron chi connectivity index (χ3n) is 18.9. The number of carbonyl (C=O) groups excluding carboxylic acids is 6. The summed E-state index contributed by atoms with van der Waals surface area (Å²) in [6, 6.07) is -5.22. The van der Waals surface area contributed by atoms with E-state index in [0.717, 1.165) is 69.4 Å². The van der Waals surface area contributed by atoms with Gasteiger partial charge in [-0.25, -0.2) is 9.78 Å². The molecule has 0 bridgehead atoms. The van der Waals surface area contributed by atoms with E-state index >= 15 is 0 Å². The maximum atomic E-state index is 13.7. The Kier molecular flexibility index (Phi) is 40.2. The van der Waals surface area contributed by atoms with Gasteiger partial charge in [-0.2, -0.15) is 0 Å². The molecule has 6 rings (SSSR count). The van der Waals surface area contributed by atoms with E-state index in [0.29, 0.717) is 12.8 Å². The Morgan fingerprint density at radius 3 is 1.69 bits per heavy atom. The van der Waals surface area contributed by atoms with E-state index in [4.69, 9.17) is 52.1 Å². The lowest BCUT2D eigenvalue weighted by Crippen LogP contribution is -2.73. The van der Waals surface area contributed by atoms with Gasteiger partial charge in [-0.15, -0.1) is 11.3 Å². The third-order valence-corrected chi connectivity index (χ3v) is 19.7. The van der Waals surface area contributed by atoms with Crippen LogP contribution < -0.4 is 32.5 Å². The minimum Gasteiger partial charge on any atom is -0.544 e. The number of unbranched alkanes of at least 4 members (excludes halogenated alkanes) is 14. The number of thiazole rings is 1. The average Bonchev–Trinajstić information content (AvgIpc) is 0.797. The van der Waals surface area contributed by atoms with Crippen molar-refractivity contribution >= 4 is 52.0 Å². The quantitative estimate of drug-likeness (QED) is 0.0164. The Balaban J connectivity index is 0.0000209. The highest BCUT2D eigenvalue weighted by Crippen LogP contribution is 2.41. The highest BCUT2D eigenvalue weighted by Gasteiger charge is 2.61. The molecule has 0 aliphatic carbocycles. The van der Waals surface area contributed by atoms with Crippen molar-refractivity contribution in [2.75, 3.05) is 51.6 Å². The number of aliphatic hydroxyl groups is 16. The molecule has 1 aromatic heterocycles. The van der Waals surface area contributed by atoms with Gasteiger partial charge in [-0.1, -0.05) is 96.8 Å². The fourth-order valence-electron chi connectivity index (χ4n) is 13.1. The summed E-state index contributed by atoms with van der Waals surface area (Å²) in [6.07, 6.45) is -34.6. The van der Waals surface area contributed by atoms with Gasteiger partial charge in [0.1, 0.15) is 122 Å². The van der Waals surface area contributed by atoms with Gasteiger partial charge in [-0.05, 0) is 19.4 Å². The van der Waals surface area contributed by atoms with Crippen LogP contribution in [0.15, 0.2) is 17.5 Å². The molecule has 41 heteroatoms. The number of esters is 1. The molecule has 0 radical (unpaired) electrons. The number of hydrogen-bond donors (Lipinski definition) is 21. The van der Waals surface area contributed by atoms with Crippen LogP contribution in [-0.2, 0) is 76.1 Å². The molecular weight excluding hydrogens is 1460 g/mol. The first-order chi connectivity index (χ1) is 51.0. The van der Waals surface area contributed by atoms with Crippen LogP contribution in [0.1, 0.15) is 147 Å². The molecule has 108 heavy (non-hydrogen) atoms. The number of anilines is 1. The number of aliphatic carboxylic acids is 1. The summed E-state index contributed by atoms with van der Waals surface area (Å²) in [5.74, 6) is -9.97. The number of aliphatic hydroxyl groups excluding tert-OH is 16. The summed E-state index contributed by atoms with van der Waals surface area (Å²) in [4.78, 5) is 82.1. The maximum absolute atomic E-state index is 13.7. The molecular formula is C67H114N6O34S. The molecule has 40 nitrogen and oxygen atoms in total. The van der Waals surface area contributed by atoms with Crippen LogP contribution in [0.3, 0.4) is 0 Å². The minimum atomic E-state index is -3.53. The molecule has 28 atom stereocenters. The number of carboxylic acids is 1. The number of amides is 4. The van der Waals surface area contributed by atoms with Gasteiger partial charge in [-0.3, -0.25) is 24.5 Å². The van der Waals surface area contributed by atoms with Gasteiger partial charge in [0.25, 0.3) is 0 Å². The average molecular weight is 1580 g/mol. The fraction of sp³-hybridized carbons (Fsp3) is 0.836. The van der Waals surface area contributed by atoms with Gasteiger partial charge in [0.15, 0.2) is 36.0 Å². The van der Waals surface area contributed by atoms with Crippen LogP contribution in [0.2, 0.25) is 0 Å². The summed E-state index contributed by atoms with van der Waals surface area (Å²) in [6.45, 7) is -0.802. The third kappa shape index (κ3) is 26.1. The van der Waals surface area contributed by atoms with Crippen LogP contribution in [-0.4, -0.2) is 340 Å². The molecule has 1 aromatic rings. The Morgan fingerprint density at radius 1 is 0.620 bits per heavy atom. The second-order valence-electron chi connectivity index (χ2n) is 27.1. The smallest absolute Gasteiger partial charge is 0.357 e. The van der Waals surface area contributed by atoms with Crippen molar-refractivity contribution in [1.29, 1.82) is 0 Å². The van der Waals surface area contributed by atoms with E-state index in [1.54, 1.807) is 6.92 Å². The molecule has 0 aromatic carbocycles. The van der Waals surface area contributed by atoms with Crippen LogP contribution in [0.25, 0.3) is 0 Å². The number of ether oxygens (including phenoxy) is 11. The van der Waals surface area contributed by atoms with Crippen LogP contribution in [0.4, 0.5) is 5.13 Å². The highest BCUT2D eigenvalue weighted by atomic mass is 32.1. The topological polar surface area (TPSA) is 648 Å². The van der Waals surface area contributed by atoms with Gasteiger partial charge in [0.05, 0.1) is 70.5 Å². The standard InChI is InChI=1S/C67H111N5O34S.H3N/c1-5-7-8-9-10-11-12-13-14-15-16-17-18-19-20-21-43(83)70-34(36(80)22-23-44(84)72-66-71-35(31-107-66)60(93)96-6-2)30-97-62-53(91)51(89)55(41(28-76)100-62)102-64-54(92)59(106-67(65(94)95)24-37(81)45(68-32(3)78)58(105-67)47(85)38(82)25-73)56(42(29-77)101-64)103-61-46(69-33(4)79)57(49(87)40(27-75)98-61)104-63-52(90)50(88)48(86)39(26-74)99-63;/h22-23,31,34,36-42,45-59,61-64,73-77,80-82,85-92H,5-21,24-30H2,1-4H3,(H,68,78)(H,69,79)(H,70,83)(H,94,95)(H,71,72,84);1H3/b23-22+;/t34-,36+,37-,38+,39+,40+,41+,42+,45?,46+,47+,48-,49-,50-,51+,52+,53+,54+,55+,56-,57+,58?,59+,61-,62+,63-,64-,67-;/m0./s1. The molecule has 2 unspecified atom stereocenters. The van der Waals surface area contributed by atoms with Crippen LogP contribution in [0.5, 0.6) is 0 Å². The highest BCUT2D eigenvalue weighted by molar-refractivity contribution is 7.14. The predicted molar refractivity (Wildman–Crippen MR) is 367 cm³/mol. The minimum absolute atomic E-state index is 0. The zero-order valence-electron chi connectivity index (χ0n) is 61.2. The molecule has 0 spiro atoms. The molecule has 24 N–H and O–H groups in total. The second kappa shape index (κ2) is 46.3. The normalized spacial score (nSPS) is 34.1. The SMILES string of the molecule is CCCCCCCCCCCCCCCCCC(=O)N[C@@H](CO[C@@H]1O[C@H](CO)[C@@H](O[C@@H]2O[C@H](CO)[C@H](O[C@@H]3O[C@H](CO)[C@H](O)[C@H](O[C@@H]4O[C@H](CO)[C@H](O)[C@H](O)[C@H]4O)[C@H]3NC(C)=O)[C@H](O[C@]3(C(=O)[O-])C[C@H](O)C(NC(C)=O)C([C@H](O)[C@H](O)CO)O3)[C@H]2O)[C@H](O)[C@H]1O)[C@H](O)/C=C/C(=O)Nc1nc(C(=O)OCC)cs1.[NH4+]. The van der Waals surface area contributed by atoms with Gasteiger partial charge < -0.3 is 166 Å². The number of quaternary nitrogens is 1. The Hall–Kier alpha value is -4.89. The number of carboxylic acid groups (broad SMARTS) is 1. The summed E-state index contributed by atoms with van der Waals surface area (Å²) in [5.41, 5.74) is -0.0780. The largest absolute Gasteiger partial charge is 0.544 e. The summed E-state index contributed by atoms with van der Waals surface area (Å²) < 4.78 is 64.3. The monoisotopic (exact) mass is 1580 g/mol. The zero-order chi connectivity index (χ0) is 78.8. The molecule has 5 fully saturated rings.